The van der Waals surface area contributed by atoms with Gasteiger partial charge in [-0.15, -0.1) is 0 Å². The summed E-state index contributed by atoms with van der Waals surface area (Å²) in [4.78, 5) is 30.4. The Bertz CT molecular complexity index is 1210. The third kappa shape index (κ3) is 4.31. The van der Waals surface area contributed by atoms with E-state index < -0.39 is 0 Å². The molecule has 0 aliphatic carbocycles. The lowest BCUT2D eigenvalue weighted by Gasteiger charge is -2.12. The van der Waals surface area contributed by atoms with Gasteiger partial charge in [0.25, 0.3) is 5.56 Å². The molecule has 4 aromatic rings. The van der Waals surface area contributed by atoms with Crippen LogP contribution in [0.15, 0.2) is 81.3 Å². The zero-order chi connectivity index (χ0) is 20.9. The Morgan fingerprint density at radius 3 is 2.63 bits per heavy atom. The number of thioether (sulfide) groups is 1. The van der Waals surface area contributed by atoms with Crippen LogP contribution in [0.25, 0.3) is 10.9 Å². The van der Waals surface area contributed by atoms with Crippen LogP contribution in [0.4, 0.5) is 0 Å². The summed E-state index contributed by atoms with van der Waals surface area (Å²) in [5, 5.41) is 1.01. The molecule has 0 saturated heterocycles. The fourth-order valence-electron chi connectivity index (χ4n) is 3.07. The van der Waals surface area contributed by atoms with Crippen molar-refractivity contribution in [3.63, 3.8) is 0 Å². The van der Waals surface area contributed by atoms with Crippen LogP contribution in [0.3, 0.4) is 0 Å². The van der Waals surface area contributed by atoms with Crippen molar-refractivity contribution in [2.75, 3.05) is 12.4 Å². The Morgan fingerprint density at radius 2 is 1.90 bits per heavy atom. The maximum atomic E-state index is 13.1. The smallest absolute Gasteiger partial charge is 0.262 e. The summed E-state index contributed by atoms with van der Waals surface area (Å²) in [6.07, 6.45) is 1.57. The van der Waals surface area contributed by atoms with Crippen LogP contribution in [0.5, 0.6) is 5.75 Å². The van der Waals surface area contributed by atoms with E-state index in [1.165, 1.54) is 11.8 Å². The first kappa shape index (κ1) is 20.0. The first-order valence-electron chi connectivity index (χ1n) is 9.56. The van der Waals surface area contributed by atoms with Crippen molar-refractivity contribution in [3.8, 4) is 5.75 Å². The molecule has 152 valence electrons. The van der Waals surface area contributed by atoms with Crippen molar-refractivity contribution in [2.24, 2.45) is 0 Å². The number of Topliss-reactive ketones (excluding diaryl/α,β-unsaturated/α-hetero) is 1. The molecule has 0 bridgehead atoms. The van der Waals surface area contributed by atoms with Gasteiger partial charge in [0.1, 0.15) is 11.5 Å². The van der Waals surface area contributed by atoms with Crippen molar-refractivity contribution < 1.29 is 13.9 Å². The van der Waals surface area contributed by atoms with Crippen LogP contribution in [-0.4, -0.2) is 27.7 Å². The van der Waals surface area contributed by atoms with E-state index in [9.17, 15) is 9.59 Å². The number of hydrogen-bond donors (Lipinski definition) is 0. The summed E-state index contributed by atoms with van der Waals surface area (Å²) in [5.74, 6) is 1.49. The quantitative estimate of drug-likeness (QED) is 0.239. The molecule has 6 nitrogen and oxygen atoms in total. The van der Waals surface area contributed by atoms with Crippen LogP contribution in [-0.2, 0) is 6.54 Å². The van der Waals surface area contributed by atoms with E-state index in [4.69, 9.17) is 9.15 Å². The van der Waals surface area contributed by atoms with Gasteiger partial charge in [0.2, 0.25) is 0 Å². The van der Waals surface area contributed by atoms with E-state index in [0.717, 1.165) is 5.75 Å². The monoisotopic (exact) mass is 420 g/mol. The largest absolute Gasteiger partial charge is 0.494 e. The molecule has 0 atom stereocenters. The highest BCUT2D eigenvalue weighted by Crippen LogP contribution is 2.21. The van der Waals surface area contributed by atoms with Crippen molar-refractivity contribution in [3.05, 3.63) is 88.6 Å². The second-order valence-electron chi connectivity index (χ2n) is 6.55. The summed E-state index contributed by atoms with van der Waals surface area (Å²) in [7, 11) is 0. The minimum absolute atomic E-state index is 0.0463. The van der Waals surface area contributed by atoms with Crippen molar-refractivity contribution in [1.29, 1.82) is 0 Å². The summed E-state index contributed by atoms with van der Waals surface area (Å²) in [5.41, 5.74) is 1.04. The number of nitrogens with zero attached hydrogens (tertiary/aromatic N) is 2. The van der Waals surface area contributed by atoms with Crippen LogP contribution < -0.4 is 10.3 Å². The Balaban J connectivity index is 1.60. The number of carbonyl (C=O) groups excluding carboxylic acids is 1. The molecule has 4 rings (SSSR count). The maximum absolute atomic E-state index is 13.1. The Kier molecular flexibility index (Phi) is 5.99. The molecular weight excluding hydrogens is 400 g/mol. The van der Waals surface area contributed by atoms with Crippen molar-refractivity contribution >= 4 is 28.4 Å². The molecule has 0 saturated carbocycles. The van der Waals surface area contributed by atoms with Gasteiger partial charge >= 0.3 is 0 Å². The first-order valence-corrected chi connectivity index (χ1v) is 10.5. The number of hydrogen-bond acceptors (Lipinski definition) is 6. The lowest BCUT2D eigenvalue weighted by atomic mass is 10.1. The third-order valence-corrected chi connectivity index (χ3v) is 5.52. The van der Waals surface area contributed by atoms with Gasteiger partial charge in [-0.25, -0.2) is 4.98 Å². The molecule has 0 aliphatic heterocycles. The average Bonchev–Trinajstić information content (AvgIpc) is 3.28. The molecule has 0 unspecified atom stereocenters. The third-order valence-electron chi connectivity index (χ3n) is 4.54. The van der Waals surface area contributed by atoms with E-state index >= 15 is 0 Å². The predicted molar refractivity (Wildman–Crippen MR) is 116 cm³/mol. The van der Waals surface area contributed by atoms with Gasteiger partial charge in [0.15, 0.2) is 10.9 Å². The van der Waals surface area contributed by atoms with Crippen LogP contribution in [0.2, 0.25) is 0 Å². The Labute approximate surface area is 177 Å². The highest BCUT2D eigenvalue weighted by atomic mass is 32.2. The molecule has 0 amide bonds. The summed E-state index contributed by atoms with van der Waals surface area (Å²) >= 11 is 1.24. The number of benzene rings is 2. The van der Waals surface area contributed by atoms with E-state index in [-0.39, 0.29) is 23.6 Å². The van der Waals surface area contributed by atoms with Crippen LogP contribution >= 0.6 is 11.8 Å². The van der Waals surface area contributed by atoms with Gasteiger partial charge in [0.05, 0.1) is 36.1 Å². The molecule has 0 radical (unpaired) electrons. The number of para-hydroxylation sites is 1. The second kappa shape index (κ2) is 9.00. The topological polar surface area (TPSA) is 74.3 Å². The van der Waals surface area contributed by atoms with Gasteiger partial charge in [-0.05, 0) is 55.5 Å². The minimum atomic E-state index is -0.159. The molecule has 2 aromatic heterocycles. The number of rotatable bonds is 8. The molecule has 0 N–H and O–H groups in total. The highest BCUT2D eigenvalue weighted by Gasteiger charge is 2.15. The van der Waals surface area contributed by atoms with Gasteiger partial charge in [0, 0.05) is 5.56 Å². The molecule has 0 aliphatic rings. The SMILES string of the molecule is CCOc1ccc(C(=O)CSc2nc3ccccc3c(=O)n2Cc2ccco2)cc1. The highest BCUT2D eigenvalue weighted by molar-refractivity contribution is 7.99. The zero-order valence-corrected chi connectivity index (χ0v) is 17.2. The van der Waals surface area contributed by atoms with Gasteiger partial charge < -0.3 is 9.15 Å². The zero-order valence-electron chi connectivity index (χ0n) is 16.4. The normalized spacial score (nSPS) is 11.0. The van der Waals surface area contributed by atoms with E-state index in [2.05, 4.69) is 4.98 Å². The molecular formula is C23H20N2O4S. The number of fused-ring (bicyclic) bond motifs is 1. The van der Waals surface area contributed by atoms with Crippen molar-refractivity contribution in [2.45, 2.75) is 18.6 Å². The number of ketones is 1. The summed E-state index contributed by atoms with van der Waals surface area (Å²) in [6.45, 7) is 2.74. The molecule has 0 fully saturated rings. The molecule has 2 heterocycles. The van der Waals surface area contributed by atoms with Crippen LogP contribution in [0.1, 0.15) is 23.0 Å². The molecule has 30 heavy (non-hydrogen) atoms. The minimum Gasteiger partial charge on any atom is -0.494 e. The number of ether oxygens (including phenoxy) is 1. The Hall–Kier alpha value is -3.32. The molecule has 2 aromatic carbocycles. The standard InChI is InChI=1S/C23H20N2O4S/c1-2-28-17-11-9-16(10-12-17)21(26)15-30-23-24-20-8-4-3-7-19(20)22(27)25(23)14-18-6-5-13-29-18/h3-13H,2,14-15H2,1H3. The lowest BCUT2D eigenvalue weighted by molar-refractivity contribution is 0.102. The summed E-state index contributed by atoms with van der Waals surface area (Å²) in [6, 6.07) is 17.8. The number of furan rings is 1. The van der Waals surface area contributed by atoms with Gasteiger partial charge in [-0.1, -0.05) is 23.9 Å². The van der Waals surface area contributed by atoms with E-state index in [0.29, 0.717) is 34.0 Å². The predicted octanol–water partition coefficient (Wildman–Crippen LogP) is 4.41. The number of carbonyl (C=O) groups is 1. The Morgan fingerprint density at radius 1 is 1.10 bits per heavy atom. The fourth-order valence-corrected chi connectivity index (χ4v) is 3.97. The average molecular weight is 420 g/mol. The first-order chi connectivity index (χ1) is 14.7. The maximum Gasteiger partial charge on any atom is 0.262 e. The van der Waals surface area contributed by atoms with Gasteiger partial charge in [-0.3, -0.25) is 14.2 Å². The fraction of sp³-hybridized carbons (Fsp3) is 0.174. The van der Waals surface area contributed by atoms with Gasteiger partial charge in [-0.2, -0.15) is 0 Å². The lowest BCUT2D eigenvalue weighted by Crippen LogP contribution is -2.24. The van der Waals surface area contributed by atoms with Crippen molar-refractivity contribution in [1.82, 2.24) is 9.55 Å². The summed E-state index contributed by atoms with van der Waals surface area (Å²) < 4.78 is 12.4. The van der Waals surface area contributed by atoms with E-state index in [1.54, 1.807) is 59.4 Å². The second-order valence-corrected chi connectivity index (χ2v) is 7.49. The van der Waals surface area contributed by atoms with E-state index in [1.807, 2.05) is 19.1 Å². The molecule has 0 spiro atoms. The van der Waals surface area contributed by atoms with Crippen LogP contribution in [0, 0.1) is 0 Å². The molecule has 7 heteroatoms. The number of aromatic nitrogens is 2.